The number of hydrogen-bond donors (Lipinski definition) is 1. The molecule has 0 spiro atoms. The molecule has 0 unspecified atom stereocenters. The molecule has 122 valence electrons. The molecule has 2 aromatic rings. The Kier molecular flexibility index (Phi) is 6.03. The topological polar surface area (TPSA) is 47.6 Å². The largest absolute Gasteiger partial charge is 0.494 e. The zero-order valence-corrected chi connectivity index (χ0v) is 13.8. The van der Waals surface area contributed by atoms with Gasteiger partial charge < -0.3 is 14.8 Å². The Morgan fingerprint density at radius 2 is 1.61 bits per heavy atom. The average Bonchev–Trinajstić information content (AvgIpc) is 2.54. The Hall–Kier alpha value is -2.49. The molecule has 1 amide bonds. The average molecular weight is 313 g/mol. The monoisotopic (exact) mass is 313 g/mol. The molecule has 0 fully saturated rings. The minimum Gasteiger partial charge on any atom is -0.494 e. The first-order valence-corrected chi connectivity index (χ1v) is 7.85. The summed E-state index contributed by atoms with van der Waals surface area (Å²) in [6.07, 6.45) is 0.153. The second-order valence-electron chi connectivity index (χ2n) is 5.45. The fourth-order valence-corrected chi connectivity index (χ4v) is 2.11. The molecule has 0 aliphatic heterocycles. The molecule has 4 heteroatoms. The van der Waals surface area contributed by atoms with Crippen LogP contribution in [0.4, 0.5) is 0 Å². The van der Waals surface area contributed by atoms with Gasteiger partial charge in [-0.05, 0) is 62.7 Å². The number of amides is 1. The van der Waals surface area contributed by atoms with Crippen LogP contribution in [-0.4, -0.2) is 18.6 Å². The minimum atomic E-state index is -0.101. The molecule has 2 aromatic carbocycles. The van der Waals surface area contributed by atoms with Crippen LogP contribution >= 0.6 is 0 Å². The van der Waals surface area contributed by atoms with Crippen LogP contribution in [0.2, 0.25) is 0 Å². The molecular formula is C19H23NO3. The smallest absolute Gasteiger partial charge is 0.251 e. The molecule has 4 nitrogen and oxygen atoms in total. The van der Waals surface area contributed by atoms with E-state index in [1.54, 1.807) is 24.3 Å². The Morgan fingerprint density at radius 1 is 1.00 bits per heavy atom. The van der Waals surface area contributed by atoms with Crippen LogP contribution in [0.15, 0.2) is 48.5 Å². The predicted octanol–water partition coefficient (Wildman–Crippen LogP) is 3.80. The van der Waals surface area contributed by atoms with E-state index in [1.807, 2.05) is 45.0 Å². The Labute approximate surface area is 137 Å². The van der Waals surface area contributed by atoms with Crippen molar-refractivity contribution in [2.24, 2.45) is 0 Å². The van der Waals surface area contributed by atoms with Crippen molar-refractivity contribution in [3.05, 3.63) is 59.7 Å². The third-order valence-electron chi connectivity index (χ3n) is 3.18. The third kappa shape index (κ3) is 5.33. The second-order valence-corrected chi connectivity index (χ2v) is 5.45. The first kappa shape index (κ1) is 16.9. The van der Waals surface area contributed by atoms with Gasteiger partial charge in [-0.3, -0.25) is 4.79 Å². The number of ether oxygens (including phenoxy) is 2. The maximum atomic E-state index is 12.1. The lowest BCUT2D eigenvalue weighted by atomic mass is 10.2. The van der Waals surface area contributed by atoms with Crippen LogP contribution in [0, 0.1) is 0 Å². The van der Waals surface area contributed by atoms with E-state index in [9.17, 15) is 4.79 Å². The predicted molar refractivity (Wildman–Crippen MR) is 91.0 cm³/mol. The van der Waals surface area contributed by atoms with Crippen molar-refractivity contribution in [1.29, 1.82) is 0 Å². The molecule has 2 rings (SSSR count). The molecule has 0 aliphatic carbocycles. The molecule has 1 N–H and O–H groups in total. The zero-order chi connectivity index (χ0) is 16.7. The standard InChI is InChI=1S/C19H23NO3/c1-4-22-17-11-7-16(8-12-17)19(21)20-13-15-5-9-18(10-6-15)23-14(2)3/h5-12,14H,4,13H2,1-3H3,(H,20,21). The SMILES string of the molecule is CCOc1ccc(C(=O)NCc2ccc(OC(C)C)cc2)cc1. The highest BCUT2D eigenvalue weighted by Crippen LogP contribution is 2.14. The number of carbonyl (C=O) groups is 1. The van der Waals surface area contributed by atoms with Crippen LogP contribution < -0.4 is 14.8 Å². The van der Waals surface area contributed by atoms with Crippen molar-refractivity contribution >= 4 is 5.91 Å². The van der Waals surface area contributed by atoms with Gasteiger partial charge in [0.1, 0.15) is 11.5 Å². The van der Waals surface area contributed by atoms with Gasteiger partial charge in [0.25, 0.3) is 5.91 Å². The lowest BCUT2D eigenvalue weighted by Gasteiger charge is -2.10. The summed E-state index contributed by atoms with van der Waals surface area (Å²) in [7, 11) is 0. The van der Waals surface area contributed by atoms with Gasteiger partial charge in [0.15, 0.2) is 0 Å². The van der Waals surface area contributed by atoms with Gasteiger partial charge in [-0.15, -0.1) is 0 Å². The molecule has 0 saturated carbocycles. The summed E-state index contributed by atoms with van der Waals surface area (Å²) in [5.41, 5.74) is 1.65. The van der Waals surface area contributed by atoms with E-state index in [-0.39, 0.29) is 12.0 Å². The van der Waals surface area contributed by atoms with E-state index in [0.717, 1.165) is 17.1 Å². The van der Waals surface area contributed by atoms with Crippen molar-refractivity contribution in [2.45, 2.75) is 33.4 Å². The number of rotatable bonds is 7. The fraction of sp³-hybridized carbons (Fsp3) is 0.316. The van der Waals surface area contributed by atoms with Crippen molar-refractivity contribution < 1.29 is 14.3 Å². The van der Waals surface area contributed by atoms with Crippen LogP contribution in [-0.2, 0) is 6.54 Å². The summed E-state index contributed by atoms with van der Waals surface area (Å²) < 4.78 is 11.0. The van der Waals surface area contributed by atoms with Crippen LogP contribution in [0.1, 0.15) is 36.7 Å². The van der Waals surface area contributed by atoms with E-state index in [1.165, 1.54) is 0 Å². The highest BCUT2D eigenvalue weighted by atomic mass is 16.5. The number of carbonyl (C=O) groups excluding carboxylic acids is 1. The Bertz CT molecular complexity index is 618. The highest BCUT2D eigenvalue weighted by molar-refractivity contribution is 5.94. The van der Waals surface area contributed by atoms with Crippen LogP contribution in [0.5, 0.6) is 11.5 Å². The number of benzene rings is 2. The van der Waals surface area contributed by atoms with E-state index in [2.05, 4.69) is 5.32 Å². The summed E-state index contributed by atoms with van der Waals surface area (Å²) in [5, 5.41) is 2.91. The normalized spacial score (nSPS) is 10.4. The number of hydrogen-bond acceptors (Lipinski definition) is 3. The molecule has 0 atom stereocenters. The van der Waals surface area contributed by atoms with E-state index in [4.69, 9.17) is 9.47 Å². The van der Waals surface area contributed by atoms with E-state index in [0.29, 0.717) is 18.7 Å². The van der Waals surface area contributed by atoms with Crippen molar-refractivity contribution in [3.63, 3.8) is 0 Å². The van der Waals surface area contributed by atoms with Gasteiger partial charge in [0.05, 0.1) is 12.7 Å². The maximum absolute atomic E-state index is 12.1. The molecular weight excluding hydrogens is 290 g/mol. The third-order valence-corrected chi connectivity index (χ3v) is 3.18. The highest BCUT2D eigenvalue weighted by Gasteiger charge is 2.06. The first-order chi connectivity index (χ1) is 11.1. The Morgan fingerprint density at radius 3 is 2.17 bits per heavy atom. The summed E-state index contributed by atoms with van der Waals surface area (Å²) in [4.78, 5) is 12.1. The van der Waals surface area contributed by atoms with Gasteiger partial charge in [0, 0.05) is 12.1 Å². The molecule has 0 aliphatic rings. The second kappa shape index (κ2) is 8.22. The molecule has 23 heavy (non-hydrogen) atoms. The lowest BCUT2D eigenvalue weighted by molar-refractivity contribution is 0.0951. The molecule has 0 radical (unpaired) electrons. The summed E-state index contributed by atoms with van der Waals surface area (Å²) in [5.74, 6) is 1.50. The zero-order valence-electron chi connectivity index (χ0n) is 13.8. The van der Waals surface area contributed by atoms with Crippen molar-refractivity contribution in [1.82, 2.24) is 5.32 Å². The van der Waals surface area contributed by atoms with Gasteiger partial charge in [-0.1, -0.05) is 12.1 Å². The van der Waals surface area contributed by atoms with Crippen molar-refractivity contribution in [2.75, 3.05) is 6.61 Å². The fourth-order valence-electron chi connectivity index (χ4n) is 2.11. The first-order valence-electron chi connectivity index (χ1n) is 7.85. The van der Waals surface area contributed by atoms with E-state index >= 15 is 0 Å². The quantitative estimate of drug-likeness (QED) is 0.845. The van der Waals surface area contributed by atoms with Gasteiger partial charge in [-0.2, -0.15) is 0 Å². The summed E-state index contributed by atoms with van der Waals surface area (Å²) >= 11 is 0. The minimum absolute atomic E-state index is 0.101. The summed E-state index contributed by atoms with van der Waals surface area (Å²) in [6, 6.07) is 14.9. The van der Waals surface area contributed by atoms with Crippen LogP contribution in [0.3, 0.4) is 0 Å². The molecule has 0 bridgehead atoms. The molecule has 0 saturated heterocycles. The number of nitrogens with one attached hydrogen (secondary N) is 1. The Balaban J connectivity index is 1.88. The molecule has 0 heterocycles. The van der Waals surface area contributed by atoms with Crippen LogP contribution in [0.25, 0.3) is 0 Å². The van der Waals surface area contributed by atoms with Gasteiger partial charge in [0.2, 0.25) is 0 Å². The summed E-state index contributed by atoms with van der Waals surface area (Å²) in [6.45, 7) is 7.00. The maximum Gasteiger partial charge on any atom is 0.251 e. The molecule has 0 aromatic heterocycles. The van der Waals surface area contributed by atoms with Gasteiger partial charge >= 0.3 is 0 Å². The van der Waals surface area contributed by atoms with E-state index < -0.39 is 0 Å². The van der Waals surface area contributed by atoms with Crippen molar-refractivity contribution in [3.8, 4) is 11.5 Å². The lowest BCUT2D eigenvalue weighted by Crippen LogP contribution is -2.22. The van der Waals surface area contributed by atoms with Gasteiger partial charge in [-0.25, -0.2) is 0 Å².